The van der Waals surface area contributed by atoms with Gasteiger partial charge in [0.15, 0.2) is 6.10 Å². The van der Waals surface area contributed by atoms with Crippen LogP contribution in [0.3, 0.4) is 0 Å². The second-order valence-corrected chi connectivity index (χ2v) is 5.71. The van der Waals surface area contributed by atoms with Gasteiger partial charge >= 0.3 is 5.97 Å². The number of esters is 1. The van der Waals surface area contributed by atoms with Crippen LogP contribution in [0.2, 0.25) is 0 Å². The maximum Gasteiger partial charge on any atom is 0.339 e. The maximum atomic E-state index is 11.3. The third-order valence-electron chi connectivity index (χ3n) is 3.34. The van der Waals surface area contributed by atoms with Gasteiger partial charge in [-0.2, -0.15) is 11.8 Å². The molecule has 0 spiro atoms. The number of aliphatic hydroxyl groups excluding tert-OH is 1. The van der Waals surface area contributed by atoms with Crippen LogP contribution in [0.1, 0.15) is 36.0 Å². The highest BCUT2D eigenvalue weighted by Gasteiger charge is 2.20. The SMILES string of the molecule is COC(=O)C(O)c1cccc(C2CCSCC2)c1. The van der Waals surface area contributed by atoms with Gasteiger partial charge in [-0.1, -0.05) is 24.3 Å². The summed E-state index contributed by atoms with van der Waals surface area (Å²) in [6.45, 7) is 0. The van der Waals surface area contributed by atoms with Crippen LogP contribution in [0.5, 0.6) is 0 Å². The number of carbonyl (C=O) groups is 1. The van der Waals surface area contributed by atoms with E-state index >= 15 is 0 Å². The molecule has 0 radical (unpaired) electrons. The van der Waals surface area contributed by atoms with Crippen molar-refractivity contribution in [3.63, 3.8) is 0 Å². The molecule has 0 bridgehead atoms. The molecule has 1 N–H and O–H groups in total. The molecule has 1 unspecified atom stereocenters. The topological polar surface area (TPSA) is 46.5 Å². The zero-order valence-corrected chi connectivity index (χ0v) is 11.3. The van der Waals surface area contributed by atoms with Crippen LogP contribution < -0.4 is 0 Å². The zero-order valence-electron chi connectivity index (χ0n) is 10.5. The molecule has 0 amide bonds. The first-order valence-electron chi connectivity index (χ1n) is 6.16. The molecule has 18 heavy (non-hydrogen) atoms. The van der Waals surface area contributed by atoms with Gasteiger partial charge in [0.05, 0.1) is 7.11 Å². The number of hydrogen-bond donors (Lipinski definition) is 1. The number of methoxy groups -OCH3 is 1. The number of carbonyl (C=O) groups excluding carboxylic acids is 1. The average molecular weight is 266 g/mol. The van der Waals surface area contributed by atoms with Gasteiger partial charge in [-0.25, -0.2) is 4.79 Å². The Morgan fingerprint density at radius 1 is 1.44 bits per heavy atom. The Bertz CT molecular complexity index is 413. The molecule has 1 fully saturated rings. The molecule has 2 rings (SSSR count). The van der Waals surface area contributed by atoms with Crippen molar-refractivity contribution in [2.75, 3.05) is 18.6 Å². The fraction of sp³-hybridized carbons (Fsp3) is 0.500. The average Bonchev–Trinajstić information content (AvgIpc) is 2.46. The van der Waals surface area contributed by atoms with E-state index in [0.717, 1.165) is 0 Å². The highest BCUT2D eigenvalue weighted by molar-refractivity contribution is 7.99. The third-order valence-corrected chi connectivity index (χ3v) is 4.39. The molecule has 4 heteroatoms. The van der Waals surface area contributed by atoms with Crippen LogP contribution >= 0.6 is 11.8 Å². The fourth-order valence-corrected chi connectivity index (χ4v) is 3.37. The summed E-state index contributed by atoms with van der Waals surface area (Å²) in [5, 5.41) is 9.83. The van der Waals surface area contributed by atoms with Crippen molar-refractivity contribution in [3.05, 3.63) is 35.4 Å². The number of aliphatic hydroxyl groups is 1. The maximum absolute atomic E-state index is 11.3. The smallest absolute Gasteiger partial charge is 0.339 e. The minimum Gasteiger partial charge on any atom is -0.467 e. The van der Waals surface area contributed by atoms with Crippen molar-refractivity contribution in [1.82, 2.24) is 0 Å². The van der Waals surface area contributed by atoms with Crippen molar-refractivity contribution < 1.29 is 14.6 Å². The lowest BCUT2D eigenvalue weighted by atomic mass is 9.91. The Morgan fingerprint density at radius 2 is 2.17 bits per heavy atom. The Hall–Kier alpha value is -1.00. The molecule has 0 aliphatic carbocycles. The summed E-state index contributed by atoms with van der Waals surface area (Å²) < 4.78 is 4.56. The minimum atomic E-state index is -1.17. The molecule has 0 saturated carbocycles. The van der Waals surface area contributed by atoms with Gasteiger partial charge in [0.1, 0.15) is 0 Å². The molecule has 1 aromatic rings. The summed E-state index contributed by atoms with van der Waals surface area (Å²) in [6.07, 6.45) is 1.16. The van der Waals surface area contributed by atoms with Gasteiger partial charge in [-0.05, 0) is 41.4 Å². The molecule has 0 aromatic heterocycles. The molecule has 1 aromatic carbocycles. The third kappa shape index (κ3) is 3.06. The standard InChI is InChI=1S/C14H18O3S/c1-17-14(16)13(15)12-4-2-3-11(9-12)10-5-7-18-8-6-10/h2-4,9-10,13,15H,5-8H2,1H3. The fourth-order valence-electron chi connectivity index (χ4n) is 2.26. The van der Waals surface area contributed by atoms with Gasteiger partial charge in [-0.3, -0.25) is 0 Å². The Balaban J connectivity index is 2.16. The normalized spacial score (nSPS) is 18.3. The van der Waals surface area contributed by atoms with E-state index in [1.165, 1.54) is 37.0 Å². The first-order chi connectivity index (χ1) is 8.72. The summed E-state index contributed by atoms with van der Waals surface area (Å²) in [6, 6.07) is 7.68. The van der Waals surface area contributed by atoms with Gasteiger partial charge in [0.25, 0.3) is 0 Å². The summed E-state index contributed by atoms with van der Waals surface area (Å²) >= 11 is 1.99. The molecule has 1 saturated heterocycles. The Labute approximate surface area is 112 Å². The molecular formula is C14H18O3S. The largest absolute Gasteiger partial charge is 0.467 e. The lowest BCUT2D eigenvalue weighted by Gasteiger charge is -2.22. The molecule has 1 aliphatic heterocycles. The van der Waals surface area contributed by atoms with Crippen LogP contribution in [0.25, 0.3) is 0 Å². The summed E-state index contributed by atoms with van der Waals surface area (Å²) in [7, 11) is 1.29. The molecule has 1 aliphatic rings. The number of thioether (sulfide) groups is 1. The van der Waals surface area contributed by atoms with Crippen LogP contribution in [-0.4, -0.2) is 29.7 Å². The second-order valence-electron chi connectivity index (χ2n) is 4.48. The minimum absolute atomic E-state index is 0.552. The van der Waals surface area contributed by atoms with E-state index in [0.29, 0.717) is 11.5 Å². The number of ether oxygens (including phenoxy) is 1. The van der Waals surface area contributed by atoms with E-state index < -0.39 is 12.1 Å². The van der Waals surface area contributed by atoms with E-state index in [1.807, 2.05) is 23.9 Å². The van der Waals surface area contributed by atoms with E-state index in [-0.39, 0.29) is 0 Å². The number of hydrogen-bond acceptors (Lipinski definition) is 4. The molecule has 1 atom stereocenters. The monoisotopic (exact) mass is 266 g/mol. The van der Waals surface area contributed by atoms with Crippen LogP contribution in [0.4, 0.5) is 0 Å². The van der Waals surface area contributed by atoms with Gasteiger partial charge in [-0.15, -0.1) is 0 Å². The lowest BCUT2D eigenvalue weighted by molar-refractivity contribution is -0.150. The van der Waals surface area contributed by atoms with Crippen molar-refractivity contribution in [2.24, 2.45) is 0 Å². The van der Waals surface area contributed by atoms with Crippen molar-refractivity contribution in [3.8, 4) is 0 Å². The van der Waals surface area contributed by atoms with Crippen molar-refractivity contribution >= 4 is 17.7 Å². The quantitative estimate of drug-likeness (QED) is 0.854. The van der Waals surface area contributed by atoms with Gasteiger partial charge in [0.2, 0.25) is 0 Å². The molecule has 3 nitrogen and oxygen atoms in total. The van der Waals surface area contributed by atoms with Crippen molar-refractivity contribution in [1.29, 1.82) is 0 Å². The summed E-state index contributed by atoms with van der Waals surface area (Å²) in [5.74, 6) is 2.32. The van der Waals surface area contributed by atoms with E-state index in [1.54, 1.807) is 6.07 Å². The number of benzene rings is 1. The summed E-state index contributed by atoms with van der Waals surface area (Å²) in [5.41, 5.74) is 1.84. The Kier molecular flexibility index (Phi) is 4.66. The van der Waals surface area contributed by atoms with E-state index in [2.05, 4.69) is 10.8 Å². The van der Waals surface area contributed by atoms with Crippen molar-refractivity contribution in [2.45, 2.75) is 24.9 Å². The summed E-state index contributed by atoms with van der Waals surface area (Å²) in [4.78, 5) is 11.3. The van der Waals surface area contributed by atoms with Crippen LogP contribution in [0, 0.1) is 0 Å². The first-order valence-corrected chi connectivity index (χ1v) is 7.31. The highest BCUT2D eigenvalue weighted by Crippen LogP contribution is 2.32. The Morgan fingerprint density at radius 3 is 2.83 bits per heavy atom. The molecule has 98 valence electrons. The second kappa shape index (κ2) is 6.25. The lowest BCUT2D eigenvalue weighted by Crippen LogP contribution is -2.14. The van der Waals surface area contributed by atoms with Crippen LogP contribution in [-0.2, 0) is 9.53 Å². The van der Waals surface area contributed by atoms with E-state index in [9.17, 15) is 9.90 Å². The number of rotatable bonds is 3. The first kappa shape index (κ1) is 13.4. The molecular weight excluding hydrogens is 248 g/mol. The predicted molar refractivity (Wildman–Crippen MR) is 72.7 cm³/mol. The highest BCUT2D eigenvalue weighted by atomic mass is 32.2. The van der Waals surface area contributed by atoms with Crippen LogP contribution in [0.15, 0.2) is 24.3 Å². The van der Waals surface area contributed by atoms with E-state index in [4.69, 9.17) is 0 Å². The predicted octanol–water partition coefficient (Wildman–Crippen LogP) is 2.50. The van der Waals surface area contributed by atoms with Gasteiger partial charge < -0.3 is 9.84 Å². The molecule has 1 heterocycles. The van der Waals surface area contributed by atoms with Gasteiger partial charge in [0, 0.05) is 0 Å². The zero-order chi connectivity index (χ0) is 13.0.